The van der Waals surface area contributed by atoms with E-state index in [2.05, 4.69) is 27.7 Å². The average molecular weight is 385 g/mol. The number of anilines is 2. The summed E-state index contributed by atoms with van der Waals surface area (Å²) in [7, 11) is 0. The molecule has 0 saturated heterocycles. The lowest BCUT2D eigenvalue weighted by Gasteiger charge is -2.42. The van der Waals surface area contributed by atoms with Gasteiger partial charge in [0.2, 0.25) is 0 Å². The van der Waals surface area contributed by atoms with E-state index < -0.39 is 11.0 Å². The summed E-state index contributed by atoms with van der Waals surface area (Å²) in [5, 5.41) is 10.9. The Morgan fingerprint density at radius 1 is 1.11 bits per heavy atom. The molecule has 1 aliphatic heterocycles. The first-order valence-corrected chi connectivity index (χ1v) is 9.49. The molecule has 0 unspecified atom stereocenters. The molecule has 0 aliphatic carbocycles. The molecule has 0 radical (unpaired) electrons. The van der Waals surface area contributed by atoms with Crippen LogP contribution in [-0.4, -0.2) is 15.7 Å². The molecule has 0 spiro atoms. The molecule has 0 fully saturated rings. The van der Waals surface area contributed by atoms with Gasteiger partial charge >= 0.3 is 6.03 Å². The Hall–Kier alpha value is -2.54. The molecule has 6 nitrogen and oxygen atoms in total. The van der Waals surface area contributed by atoms with Crippen LogP contribution in [-0.2, 0) is 5.41 Å². The number of nitro benzene ring substituents is 1. The highest BCUT2D eigenvalue weighted by Gasteiger charge is 2.38. The minimum Gasteiger partial charge on any atom is -0.351 e. The molecule has 2 aromatic rings. The van der Waals surface area contributed by atoms with E-state index >= 15 is 0 Å². The van der Waals surface area contributed by atoms with Gasteiger partial charge in [-0.3, -0.25) is 15.0 Å². The Labute approximate surface area is 162 Å². The molecule has 2 amide bonds. The van der Waals surface area contributed by atoms with Gasteiger partial charge in [0.05, 0.1) is 16.3 Å². The van der Waals surface area contributed by atoms with E-state index in [1.54, 1.807) is 0 Å². The van der Waals surface area contributed by atoms with E-state index in [9.17, 15) is 14.9 Å². The molecule has 3 rings (SSSR count). The number of carbonyl (C=O) groups is 1. The van der Waals surface area contributed by atoms with Crippen LogP contribution in [0.3, 0.4) is 0 Å². The maximum absolute atomic E-state index is 12.2. The first-order chi connectivity index (χ1) is 12.5. The van der Waals surface area contributed by atoms with Crippen LogP contribution in [0, 0.1) is 10.1 Å². The van der Waals surface area contributed by atoms with Crippen molar-refractivity contribution < 1.29 is 9.72 Å². The lowest BCUT2D eigenvalue weighted by molar-refractivity contribution is -0.384. The van der Waals surface area contributed by atoms with Crippen LogP contribution in [0.2, 0.25) is 0 Å². The molecule has 142 valence electrons. The predicted molar refractivity (Wildman–Crippen MR) is 109 cm³/mol. The molecule has 1 aliphatic rings. The van der Waals surface area contributed by atoms with Crippen LogP contribution in [0.15, 0.2) is 47.4 Å². The van der Waals surface area contributed by atoms with Gasteiger partial charge < -0.3 is 5.73 Å². The zero-order chi connectivity index (χ0) is 20.0. The first-order valence-electron chi connectivity index (χ1n) is 8.68. The van der Waals surface area contributed by atoms with Gasteiger partial charge in [-0.05, 0) is 47.7 Å². The number of primary amides is 1. The number of carbonyl (C=O) groups excluding carboxylic acids is 1. The topological polar surface area (TPSA) is 89.5 Å². The summed E-state index contributed by atoms with van der Waals surface area (Å²) in [6, 6.07) is 11.1. The number of amides is 2. The summed E-state index contributed by atoms with van der Waals surface area (Å²) >= 11 is 1.84. The molecule has 2 N–H and O–H groups in total. The Morgan fingerprint density at radius 3 is 2.26 bits per heavy atom. The van der Waals surface area contributed by atoms with Gasteiger partial charge in [-0.2, -0.15) is 0 Å². The van der Waals surface area contributed by atoms with Crippen molar-refractivity contribution in [1.29, 1.82) is 0 Å². The second-order valence-corrected chi connectivity index (χ2v) is 9.80. The fraction of sp³-hybridized carbons (Fsp3) is 0.350. The Balaban J connectivity index is 2.05. The van der Waals surface area contributed by atoms with E-state index in [0.29, 0.717) is 11.4 Å². The van der Waals surface area contributed by atoms with Gasteiger partial charge in [-0.15, -0.1) is 11.8 Å². The standard InChI is InChI=1S/C20H23N3O3S/c1-19(2)12-20(3,4)27-17-10-9-15(11-16(17)19)22(18(21)24)13-5-7-14(8-6-13)23(25)26/h5-11H,12H2,1-4H3,(H2,21,24). The van der Waals surface area contributed by atoms with Gasteiger partial charge in [0.25, 0.3) is 5.69 Å². The number of nitrogens with zero attached hydrogens (tertiary/aromatic N) is 2. The summed E-state index contributed by atoms with van der Waals surface area (Å²) in [6.45, 7) is 8.89. The quantitative estimate of drug-likeness (QED) is 0.568. The van der Waals surface area contributed by atoms with Crippen LogP contribution in [0.25, 0.3) is 0 Å². The molecule has 2 aromatic carbocycles. The summed E-state index contributed by atoms with van der Waals surface area (Å²) < 4.78 is 0.139. The summed E-state index contributed by atoms with van der Waals surface area (Å²) in [5.41, 5.74) is 7.89. The lowest BCUT2D eigenvalue weighted by Crippen LogP contribution is -2.35. The SMILES string of the molecule is CC1(C)CC(C)(C)c2cc(N(C(N)=O)c3ccc([N+](=O)[O-])cc3)ccc2S1. The maximum Gasteiger partial charge on any atom is 0.323 e. The molecule has 27 heavy (non-hydrogen) atoms. The Kier molecular flexibility index (Phi) is 4.67. The Morgan fingerprint density at radius 2 is 1.70 bits per heavy atom. The molecular formula is C20H23N3O3S. The van der Waals surface area contributed by atoms with Crippen LogP contribution in [0.4, 0.5) is 21.9 Å². The molecule has 0 aromatic heterocycles. The third-order valence-electron chi connectivity index (χ3n) is 4.74. The largest absolute Gasteiger partial charge is 0.351 e. The molecule has 0 atom stereocenters. The molecular weight excluding hydrogens is 362 g/mol. The number of non-ortho nitro benzene ring substituents is 1. The van der Waals surface area contributed by atoms with Gasteiger partial charge in [-0.1, -0.05) is 27.7 Å². The van der Waals surface area contributed by atoms with E-state index in [-0.39, 0.29) is 15.8 Å². The number of urea groups is 1. The smallest absolute Gasteiger partial charge is 0.323 e. The minimum absolute atomic E-state index is 0.0339. The van der Waals surface area contributed by atoms with Gasteiger partial charge in [0.1, 0.15) is 0 Å². The zero-order valence-corrected chi connectivity index (χ0v) is 16.7. The van der Waals surface area contributed by atoms with Crippen molar-refractivity contribution in [3.63, 3.8) is 0 Å². The van der Waals surface area contributed by atoms with Crippen LogP contribution >= 0.6 is 11.8 Å². The van der Waals surface area contributed by atoms with E-state index in [1.165, 1.54) is 39.6 Å². The normalized spacial score (nSPS) is 17.0. The summed E-state index contributed by atoms with van der Waals surface area (Å²) in [5.74, 6) is 0. The van der Waals surface area contributed by atoms with E-state index in [4.69, 9.17) is 5.73 Å². The number of hydrogen-bond acceptors (Lipinski definition) is 4. The lowest BCUT2D eigenvalue weighted by atomic mass is 9.77. The summed E-state index contributed by atoms with van der Waals surface area (Å²) in [4.78, 5) is 25.1. The maximum atomic E-state index is 12.2. The third-order valence-corrected chi connectivity index (χ3v) is 6.02. The van der Waals surface area contributed by atoms with Crippen molar-refractivity contribution in [3.05, 3.63) is 58.1 Å². The monoisotopic (exact) mass is 385 g/mol. The molecule has 1 heterocycles. The number of hydrogen-bond donors (Lipinski definition) is 1. The second-order valence-electron chi connectivity index (χ2n) is 8.05. The van der Waals surface area contributed by atoms with Crippen molar-refractivity contribution in [3.8, 4) is 0 Å². The van der Waals surface area contributed by atoms with Crippen LogP contribution < -0.4 is 10.6 Å². The minimum atomic E-state index is -0.634. The van der Waals surface area contributed by atoms with Crippen LogP contribution in [0.5, 0.6) is 0 Å². The second kappa shape index (κ2) is 6.56. The zero-order valence-electron chi connectivity index (χ0n) is 15.9. The van der Waals surface area contributed by atoms with Gasteiger partial charge in [-0.25, -0.2) is 4.79 Å². The number of thioether (sulfide) groups is 1. The van der Waals surface area contributed by atoms with Crippen molar-refractivity contribution in [2.75, 3.05) is 4.90 Å². The Bertz CT molecular complexity index is 907. The van der Waals surface area contributed by atoms with Gasteiger partial charge in [0, 0.05) is 21.8 Å². The van der Waals surface area contributed by atoms with Crippen molar-refractivity contribution in [2.45, 2.75) is 49.2 Å². The fourth-order valence-corrected chi connectivity index (χ4v) is 5.50. The molecule has 0 bridgehead atoms. The highest BCUT2D eigenvalue weighted by Crippen LogP contribution is 2.51. The highest BCUT2D eigenvalue weighted by atomic mass is 32.2. The number of fused-ring (bicyclic) bond motifs is 1. The molecule has 7 heteroatoms. The number of nitro groups is 1. The van der Waals surface area contributed by atoms with E-state index in [1.807, 2.05) is 30.0 Å². The molecule has 0 saturated carbocycles. The average Bonchev–Trinajstić information content (AvgIpc) is 2.54. The summed E-state index contributed by atoms with van der Waals surface area (Å²) in [6.07, 6.45) is 1.01. The number of benzene rings is 2. The van der Waals surface area contributed by atoms with Crippen molar-refractivity contribution >= 4 is 34.9 Å². The third kappa shape index (κ3) is 3.78. The van der Waals surface area contributed by atoms with E-state index in [0.717, 1.165) is 6.42 Å². The number of nitrogens with two attached hydrogens (primary N) is 1. The number of rotatable bonds is 3. The predicted octanol–water partition coefficient (Wildman–Crippen LogP) is 5.36. The van der Waals surface area contributed by atoms with Crippen molar-refractivity contribution in [1.82, 2.24) is 0 Å². The van der Waals surface area contributed by atoms with Crippen molar-refractivity contribution in [2.24, 2.45) is 5.73 Å². The first kappa shape index (κ1) is 19.2. The van der Waals surface area contributed by atoms with Crippen LogP contribution in [0.1, 0.15) is 39.7 Å². The fourth-order valence-electron chi connectivity index (χ4n) is 3.90. The highest BCUT2D eigenvalue weighted by molar-refractivity contribution is 8.00. The van der Waals surface area contributed by atoms with Gasteiger partial charge in [0.15, 0.2) is 0 Å².